The lowest BCUT2D eigenvalue weighted by Gasteiger charge is -2.07. The number of ether oxygens (including phenoxy) is 1. The molecule has 4 heteroatoms. The Morgan fingerprint density at radius 3 is 2.56 bits per heavy atom. The Balaban J connectivity index is 2.47. The van der Waals surface area contributed by atoms with Crippen LogP contribution in [0, 0.1) is 6.92 Å². The van der Waals surface area contributed by atoms with Crippen molar-refractivity contribution >= 4 is 0 Å². The first-order chi connectivity index (χ1) is 7.76. The lowest BCUT2D eigenvalue weighted by Crippen LogP contribution is -2.00. The van der Waals surface area contributed by atoms with Gasteiger partial charge in [0, 0.05) is 0 Å². The molecule has 0 saturated heterocycles. The Hall–Kier alpha value is -1.81. The fraction of sp³-hybridized carbons (Fsp3) is 0.250. The van der Waals surface area contributed by atoms with Gasteiger partial charge in [-0.05, 0) is 19.1 Å². The first-order valence-corrected chi connectivity index (χ1v) is 5.05. The van der Waals surface area contributed by atoms with Crippen LogP contribution in [0.25, 0.3) is 5.69 Å². The summed E-state index contributed by atoms with van der Waals surface area (Å²) in [6.45, 7) is 1.96. The van der Waals surface area contributed by atoms with Gasteiger partial charge in [-0.3, -0.25) is 0 Å². The number of benzene rings is 1. The van der Waals surface area contributed by atoms with Gasteiger partial charge in [0.25, 0.3) is 0 Å². The van der Waals surface area contributed by atoms with Crippen molar-refractivity contribution in [3.05, 3.63) is 41.6 Å². The van der Waals surface area contributed by atoms with E-state index >= 15 is 0 Å². The summed E-state index contributed by atoms with van der Waals surface area (Å²) in [6.07, 6.45) is 1.61. The number of aromatic nitrogens is 2. The van der Waals surface area contributed by atoms with Gasteiger partial charge in [0.2, 0.25) is 5.88 Å². The summed E-state index contributed by atoms with van der Waals surface area (Å²) in [4.78, 5) is 0. The Labute approximate surface area is 94.1 Å². The van der Waals surface area contributed by atoms with Gasteiger partial charge in [-0.15, -0.1) is 0 Å². The van der Waals surface area contributed by atoms with E-state index in [2.05, 4.69) is 5.10 Å². The second-order valence-corrected chi connectivity index (χ2v) is 3.58. The average molecular weight is 218 g/mol. The topological polar surface area (TPSA) is 47.3 Å². The molecule has 0 saturated carbocycles. The van der Waals surface area contributed by atoms with Crippen LogP contribution in [0.15, 0.2) is 30.5 Å². The molecular formula is C12H14N2O2. The van der Waals surface area contributed by atoms with Crippen molar-refractivity contribution in [1.29, 1.82) is 0 Å². The summed E-state index contributed by atoms with van der Waals surface area (Å²) in [5.41, 5.74) is 2.79. The number of hydrogen-bond donors (Lipinski definition) is 1. The largest absolute Gasteiger partial charge is 0.481 e. The molecule has 2 aromatic rings. The van der Waals surface area contributed by atoms with Gasteiger partial charge in [-0.1, -0.05) is 17.7 Å². The van der Waals surface area contributed by atoms with Crippen LogP contribution in [-0.4, -0.2) is 22.0 Å². The van der Waals surface area contributed by atoms with Gasteiger partial charge in [0.05, 0.1) is 31.2 Å². The zero-order valence-corrected chi connectivity index (χ0v) is 9.34. The van der Waals surface area contributed by atoms with E-state index in [1.54, 1.807) is 18.0 Å². The van der Waals surface area contributed by atoms with Crippen molar-refractivity contribution in [2.45, 2.75) is 13.5 Å². The van der Waals surface area contributed by atoms with Crippen LogP contribution in [0.3, 0.4) is 0 Å². The normalized spacial score (nSPS) is 10.4. The van der Waals surface area contributed by atoms with Crippen molar-refractivity contribution in [1.82, 2.24) is 9.78 Å². The summed E-state index contributed by atoms with van der Waals surface area (Å²) in [5.74, 6) is 0.575. The van der Waals surface area contributed by atoms with Crippen LogP contribution in [0.5, 0.6) is 5.88 Å². The molecule has 0 aliphatic carbocycles. The minimum absolute atomic E-state index is 0.0744. The molecular weight excluding hydrogens is 204 g/mol. The molecule has 0 aliphatic heterocycles. The number of nitrogens with zero attached hydrogens (tertiary/aromatic N) is 2. The Morgan fingerprint density at radius 2 is 2.00 bits per heavy atom. The maximum atomic E-state index is 9.12. The quantitative estimate of drug-likeness (QED) is 0.852. The highest BCUT2D eigenvalue weighted by atomic mass is 16.5. The molecule has 1 N–H and O–H groups in total. The molecule has 0 atom stereocenters. The second kappa shape index (κ2) is 4.37. The predicted molar refractivity (Wildman–Crippen MR) is 60.8 cm³/mol. The molecule has 1 aromatic heterocycles. The third-order valence-corrected chi connectivity index (χ3v) is 2.44. The fourth-order valence-corrected chi connectivity index (χ4v) is 1.57. The van der Waals surface area contributed by atoms with Crippen molar-refractivity contribution < 1.29 is 9.84 Å². The molecule has 0 bridgehead atoms. The number of hydrogen-bond acceptors (Lipinski definition) is 3. The summed E-state index contributed by atoms with van der Waals surface area (Å²) in [6, 6.07) is 7.95. The smallest absolute Gasteiger partial charge is 0.222 e. The van der Waals surface area contributed by atoms with E-state index in [1.807, 2.05) is 31.2 Å². The predicted octanol–water partition coefficient (Wildman–Crippen LogP) is 1.68. The maximum absolute atomic E-state index is 9.12. The zero-order chi connectivity index (χ0) is 11.5. The molecule has 1 heterocycles. The minimum atomic E-state index is -0.0744. The molecule has 16 heavy (non-hydrogen) atoms. The third kappa shape index (κ3) is 1.79. The highest BCUT2D eigenvalue weighted by molar-refractivity contribution is 5.39. The van der Waals surface area contributed by atoms with E-state index < -0.39 is 0 Å². The van der Waals surface area contributed by atoms with Crippen molar-refractivity contribution in [2.24, 2.45) is 0 Å². The minimum Gasteiger partial charge on any atom is -0.481 e. The van der Waals surface area contributed by atoms with E-state index in [0.29, 0.717) is 11.4 Å². The molecule has 84 valence electrons. The number of aryl methyl sites for hydroxylation is 1. The van der Waals surface area contributed by atoms with Gasteiger partial charge in [0.1, 0.15) is 0 Å². The third-order valence-electron chi connectivity index (χ3n) is 2.44. The molecule has 0 radical (unpaired) electrons. The monoisotopic (exact) mass is 218 g/mol. The van der Waals surface area contributed by atoms with Crippen LogP contribution in [0.1, 0.15) is 11.1 Å². The molecule has 2 rings (SSSR count). The van der Waals surface area contributed by atoms with Crippen LogP contribution in [0.4, 0.5) is 0 Å². The lowest BCUT2D eigenvalue weighted by molar-refractivity contribution is 0.272. The average Bonchev–Trinajstić information content (AvgIpc) is 2.72. The van der Waals surface area contributed by atoms with Crippen molar-refractivity contribution in [2.75, 3.05) is 7.11 Å². The Bertz CT molecular complexity index is 474. The Morgan fingerprint density at radius 1 is 1.31 bits per heavy atom. The fourth-order valence-electron chi connectivity index (χ4n) is 1.57. The second-order valence-electron chi connectivity index (χ2n) is 3.58. The SMILES string of the molecule is COc1c(CO)cnn1-c1ccc(C)cc1. The van der Waals surface area contributed by atoms with Crippen molar-refractivity contribution in [3.63, 3.8) is 0 Å². The summed E-state index contributed by atoms with van der Waals surface area (Å²) in [7, 11) is 1.57. The van der Waals surface area contributed by atoms with E-state index in [1.165, 1.54) is 5.56 Å². The van der Waals surface area contributed by atoms with Crippen LogP contribution >= 0.6 is 0 Å². The number of methoxy groups -OCH3 is 1. The van der Waals surface area contributed by atoms with Crippen molar-refractivity contribution in [3.8, 4) is 11.6 Å². The van der Waals surface area contributed by atoms with E-state index in [-0.39, 0.29) is 6.61 Å². The summed E-state index contributed by atoms with van der Waals surface area (Å²) >= 11 is 0. The van der Waals surface area contributed by atoms with Crippen LogP contribution < -0.4 is 4.74 Å². The molecule has 0 fully saturated rings. The van der Waals surface area contributed by atoms with Crippen LogP contribution in [0.2, 0.25) is 0 Å². The number of aliphatic hydroxyl groups is 1. The van der Waals surface area contributed by atoms with Gasteiger partial charge >= 0.3 is 0 Å². The first-order valence-electron chi connectivity index (χ1n) is 5.05. The molecule has 4 nitrogen and oxygen atoms in total. The first kappa shape index (κ1) is 10.7. The Kier molecular flexibility index (Phi) is 2.92. The standard InChI is InChI=1S/C12H14N2O2/c1-9-3-5-11(6-4-9)14-12(16-2)10(8-15)7-13-14/h3-7,15H,8H2,1-2H3. The maximum Gasteiger partial charge on any atom is 0.222 e. The highest BCUT2D eigenvalue weighted by Crippen LogP contribution is 2.22. The summed E-state index contributed by atoms with van der Waals surface area (Å²) in [5, 5.41) is 13.3. The molecule has 1 aromatic carbocycles. The van der Waals surface area contributed by atoms with Gasteiger partial charge < -0.3 is 9.84 Å². The van der Waals surface area contributed by atoms with Gasteiger partial charge in [-0.25, -0.2) is 4.68 Å². The molecule has 0 unspecified atom stereocenters. The van der Waals surface area contributed by atoms with Gasteiger partial charge in [-0.2, -0.15) is 5.10 Å². The summed E-state index contributed by atoms with van der Waals surface area (Å²) < 4.78 is 6.90. The highest BCUT2D eigenvalue weighted by Gasteiger charge is 2.11. The molecule has 0 spiro atoms. The van der Waals surface area contributed by atoms with Gasteiger partial charge in [0.15, 0.2) is 0 Å². The van der Waals surface area contributed by atoms with E-state index in [9.17, 15) is 0 Å². The number of aliphatic hydroxyl groups excluding tert-OH is 1. The number of rotatable bonds is 3. The van der Waals surface area contributed by atoms with E-state index in [4.69, 9.17) is 9.84 Å². The zero-order valence-electron chi connectivity index (χ0n) is 9.34. The van der Waals surface area contributed by atoms with E-state index in [0.717, 1.165) is 5.69 Å². The lowest BCUT2D eigenvalue weighted by atomic mass is 10.2. The van der Waals surface area contributed by atoms with Crippen LogP contribution in [-0.2, 0) is 6.61 Å². The molecule has 0 aliphatic rings. The molecule has 0 amide bonds.